The summed E-state index contributed by atoms with van der Waals surface area (Å²) >= 11 is 6.21. The first-order valence-electron chi connectivity index (χ1n) is 8.69. The van der Waals surface area contributed by atoms with Gasteiger partial charge in [-0.15, -0.1) is 0 Å². The highest BCUT2D eigenvalue weighted by Gasteiger charge is 2.26. The van der Waals surface area contributed by atoms with E-state index in [1.807, 2.05) is 24.3 Å². The van der Waals surface area contributed by atoms with E-state index in [0.717, 1.165) is 44.2 Å². The van der Waals surface area contributed by atoms with E-state index in [-0.39, 0.29) is 16.7 Å². The predicted octanol–water partition coefficient (Wildman–Crippen LogP) is 1.40. The summed E-state index contributed by atoms with van der Waals surface area (Å²) in [6.07, 6.45) is 1.68. The molecule has 1 saturated heterocycles. The number of rotatable bonds is 3. The number of fused-ring (bicyclic) bond motifs is 1. The molecule has 0 saturated carbocycles. The Balaban J connectivity index is 1.35. The number of anilines is 1. The Morgan fingerprint density at radius 2 is 1.92 bits per heavy atom. The van der Waals surface area contributed by atoms with Crippen molar-refractivity contribution in [2.24, 2.45) is 7.05 Å². The molecule has 1 atom stereocenters. The van der Waals surface area contributed by atoms with Gasteiger partial charge in [0.1, 0.15) is 17.7 Å². The first-order chi connectivity index (χ1) is 12.6. The zero-order valence-electron chi connectivity index (χ0n) is 14.6. The minimum absolute atomic E-state index is 0.0192. The van der Waals surface area contributed by atoms with Gasteiger partial charge in [-0.2, -0.15) is 5.10 Å². The Kier molecular flexibility index (Phi) is 4.74. The zero-order chi connectivity index (χ0) is 18.1. The summed E-state index contributed by atoms with van der Waals surface area (Å²) < 4.78 is 13.1. The molecule has 0 radical (unpaired) electrons. The van der Waals surface area contributed by atoms with Gasteiger partial charge in [0.2, 0.25) is 0 Å². The molecule has 1 aromatic carbocycles. The van der Waals surface area contributed by atoms with E-state index in [1.165, 1.54) is 4.68 Å². The lowest BCUT2D eigenvalue weighted by Gasteiger charge is -2.38. The highest BCUT2D eigenvalue weighted by Crippen LogP contribution is 2.31. The second-order valence-corrected chi connectivity index (χ2v) is 6.94. The smallest absolute Gasteiger partial charge is 0.287 e. The third-order valence-electron chi connectivity index (χ3n) is 4.80. The molecule has 7 nitrogen and oxygen atoms in total. The maximum absolute atomic E-state index is 12.0. The predicted molar refractivity (Wildman–Crippen MR) is 99.5 cm³/mol. The van der Waals surface area contributed by atoms with Crippen molar-refractivity contribution in [1.82, 2.24) is 14.7 Å². The number of ether oxygens (including phenoxy) is 2. The summed E-state index contributed by atoms with van der Waals surface area (Å²) in [4.78, 5) is 16.4. The van der Waals surface area contributed by atoms with Crippen LogP contribution in [0.5, 0.6) is 11.5 Å². The van der Waals surface area contributed by atoms with Crippen LogP contribution in [-0.2, 0) is 7.05 Å². The molecule has 2 aromatic rings. The Morgan fingerprint density at radius 3 is 2.69 bits per heavy atom. The highest BCUT2D eigenvalue weighted by molar-refractivity contribution is 6.33. The third kappa shape index (κ3) is 3.37. The van der Waals surface area contributed by atoms with Crippen LogP contribution >= 0.6 is 11.6 Å². The van der Waals surface area contributed by atoms with Crippen LogP contribution < -0.4 is 19.9 Å². The fraction of sp³-hybridized carbons (Fsp3) is 0.444. The summed E-state index contributed by atoms with van der Waals surface area (Å²) in [5.74, 6) is 1.61. The molecule has 0 spiro atoms. The molecule has 0 bridgehead atoms. The van der Waals surface area contributed by atoms with Crippen molar-refractivity contribution >= 4 is 17.3 Å². The molecule has 1 fully saturated rings. The van der Waals surface area contributed by atoms with E-state index in [2.05, 4.69) is 14.9 Å². The molecule has 0 amide bonds. The van der Waals surface area contributed by atoms with Crippen molar-refractivity contribution < 1.29 is 9.47 Å². The number of hydrogen-bond donors (Lipinski definition) is 0. The van der Waals surface area contributed by atoms with Crippen LogP contribution in [0.25, 0.3) is 0 Å². The number of nitrogens with zero attached hydrogens (tertiary/aromatic N) is 4. The first kappa shape index (κ1) is 17.2. The fourth-order valence-corrected chi connectivity index (χ4v) is 3.63. The number of aromatic nitrogens is 2. The van der Waals surface area contributed by atoms with Gasteiger partial charge in [-0.25, -0.2) is 4.68 Å². The van der Waals surface area contributed by atoms with E-state index in [4.69, 9.17) is 21.1 Å². The van der Waals surface area contributed by atoms with Gasteiger partial charge >= 0.3 is 0 Å². The number of para-hydroxylation sites is 2. The lowest BCUT2D eigenvalue weighted by atomic mass is 10.2. The Hall–Kier alpha value is -2.25. The van der Waals surface area contributed by atoms with Gasteiger partial charge in [0.15, 0.2) is 11.5 Å². The number of halogens is 1. The molecule has 1 aromatic heterocycles. The molecule has 2 aliphatic heterocycles. The van der Waals surface area contributed by atoms with Gasteiger partial charge in [-0.1, -0.05) is 23.7 Å². The molecule has 1 unspecified atom stereocenters. The number of piperazine rings is 1. The molecule has 0 N–H and O–H groups in total. The molecular formula is C18H21ClN4O3. The summed E-state index contributed by atoms with van der Waals surface area (Å²) in [5.41, 5.74) is 0.443. The van der Waals surface area contributed by atoms with Crippen LogP contribution in [-0.4, -0.2) is 60.1 Å². The van der Waals surface area contributed by atoms with E-state index in [0.29, 0.717) is 12.3 Å². The highest BCUT2D eigenvalue weighted by atomic mass is 35.5. The van der Waals surface area contributed by atoms with Gasteiger partial charge in [0.25, 0.3) is 5.56 Å². The second-order valence-electron chi connectivity index (χ2n) is 6.56. The zero-order valence-corrected chi connectivity index (χ0v) is 15.4. The van der Waals surface area contributed by atoms with E-state index >= 15 is 0 Å². The lowest BCUT2D eigenvalue weighted by molar-refractivity contribution is 0.0571. The molecule has 0 aliphatic carbocycles. The first-order valence-corrected chi connectivity index (χ1v) is 9.07. The third-order valence-corrected chi connectivity index (χ3v) is 5.16. The van der Waals surface area contributed by atoms with E-state index in [9.17, 15) is 4.79 Å². The number of benzene rings is 1. The van der Waals surface area contributed by atoms with Crippen molar-refractivity contribution in [2.45, 2.75) is 6.10 Å². The van der Waals surface area contributed by atoms with Gasteiger partial charge in [0, 0.05) is 39.8 Å². The maximum Gasteiger partial charge on any atom is 0.287 e. The standard InChI is InChI=1S/C18H21ClN4O3/c1-21-18(24)17(19)14(10-20-21)23-8-6-22(7-9-23)11-13-12-25-15-4-2-3-5-16(15)26-13/h2-5,10,13H,6-9,11-12H2,1H3. The van der Waals surface area contributed by atoms with Crippen LogP contribution in [0, 0.1) is 0 Å². The summed E-state index contributed by atoms with van der Waals surface area (Å²) in [5, 5.41) is 4.31. The van der Waals surface area contributed by atoms with Crippen molar-refractivity contribution in [1.29, 1.82) is 0 Å². The Labute approximate surface area is 156 Å². The SMILES string of the molecule is Cn1ncc(N2CCN(CC3COc4ccccc4O3)CC2)c(Cl)c1=O. The van der Waals surface area contributed by atoms with Crippen LogP contribution in [0.1, 0.15) is 0 Å². The average Bonchev–Trinajstić information content (AvgIpc) is 2.67. The fourth-order valence-electron chi connectivity index (χ4n) is 3.33. The molecule has 2 aliphatic rings. The monoisotopic (exact) mass is 376 g/mol. The molecule has 4 rings (SSSR count). The molecule has 8 heteroatoms. The quantitative estimate of drug-likeness (QED) is 0.807. The van der Waals surface area contributed by atoms with E-state index in [1.54, 1.807) is 13.2 Å². The maximum atomic E-state index is 12.0. The van der Waals surface area contributed by atoms with Crippen molar-refractivity contribution in [3.8, 4) is 11.5 Å². The molecular weight excluding hydrogens is 356 g/mol. The van der Waals surface area contributed by atoms with Crippen LogP contribution in [0.2, 0.25) is 5.02 Å². The normalized spacial score (nSPS) is 20.2. The molecule has 3 heterocycles. The van der Waals surface area contributed by atoms with Gasteiger partial charge in [-0.3, -0.25) is 9.69 Å². The van der Waals surface area contributed by atoms with Crippen molar-refractivity contribution in [3.63, 3.8) is 0 Å². The number of aryl methyl sites for hydroxylation is 1. The Morgan fingerprint density at radius 1 is 1.19 bits per heavy atom. The van der Waals surface area contributed by atoms with E-state index < -0.39 is 0 Å². The van der Waals surface area contributed by atoms with Crippen molar-refractivity contribution in [3.05, 3.63) is 45.8 Å². The molecule has 138 valence electrons. The minimum Gasteiger partial charge on any atom is -0.486 e. The summed E-state index contributed by atoms with van der Waals surface area (Å²) in [6.45, 7) is 4.68. The largest absolute Gasteiger partial charge is 0.486 e. The number of hydrogen-bond acceptors (Lipinski definition) is 6. The second kappa shape index (κ2) is 7.17. The summed E-state index contributed by atoms with van der Waals surface area (Å²) in [7, 11) is 1.60. The average molecular weight is 377 g/mol. The van der Waals surface area contributed by atoms with Gasteiger partial charge < -0.3 is 14.4 Å². The topological polar surface area (TPSA) is 59.8 Å². The van der Waals surface area contributed by atoms with Crippen LogP contribution in [0.4, 0.5) is 5.69 Å². The minimum atomic E-state index is -0.266. The van der Waals surface area contributed by atoms with Crippen LogP contribution in [0.15, 0.2) is 35.3 Å². The summed E-state index contributed by atoms with van der Waals surface area (Å²) in [6, 6.07) is 7.75. The lowest BCUT2D eigenvalue weighted by Crippen LogP contribution is -2.51. The molecule has 26 heavy (non-hydrogen) atoms. The Bertz CT molecular complexity index is 849. The van der Waals surface area contributed by atoms with Crippen LogP contribution in [0.3, 0.4) is 0 Å². The van der Waals surface area contributed by atoms with Gasteiger partial charge in [-0.05, 0) is 12.1 Å². The van der Waals surface area contributed by atoms with Gasteiger partial charge in [0.05, 0.1) is 11.9 Å². The van der Waals surface area contributed by atoms with Crippen molar-refractivity contribution in [2.75, 3.05) is 44.2 Å².